The molecule has 1 saturated heterocycles. The molecule has 2 rings (SSSR count). The molecule has 2 heterocycles. The van der Waals surface area contributed by atoms with E-state index in [0.717, 1.165) is 25.8 Å². The van der Waals surface area contributed by atoms with Crippen LogP contribution < -0.4 is 10.6 Å². The minimum Gasteiger partial charge on any atom is -0.347 e. The van der Waals surface area contributed by atoms with Crippen LogP contribution in [0.25, 0.3) is 0 Å². The van der Waals surface area contributed by atoms with Crippen LogP contribution in [0.2, 0.25) is 0 Å². The van der Waals surface area contributed by atoms with E-state index >= 15 is 0 Å². The Morgan fingerprint density at radius 2 is 2.06 bits per heavy atom. The zero-order valence-corrected chi connectivity index (χ0v) is 10.6. The maximum atomic E-state index is 12.4. The molecule has 18 heavy (non-hydrogen) atoms. The molecule has 4 nitrogen and oxygen atoms in total. The predicted octanol–water partition coefficient (Wildman–Crippen LogP) is 2.12. The van der Waals surface area contributed by atoms with E-state index in [9.17, 15) is 13.2 Å². The molecule has 1 aliphatic heterocycles. The van der Waals surface area contributed by atoms with Crippen molar-refractivity contribution in [2.24, 2.45) is 11.7 Å². The van der Waals surface area contributed by atoms with Crippen molar-refractivity contribution in [2.45, 2.75) is 25.4 Å². The van der Waals surface area contributed by atoms with Gasteiger partial charge in [0.2, 0.25) is 10.1 Å². The number of nitrogens with zero attached hydrogens (tertiary/aromatic N) is 3. The van der Waals surface area contributed by atoms with Crippen LogP contribution >= 0.6 is 11.3 Å². The topological polar surface area (TPSA) is 55.0 Å². The summed E-state index contributed by atoms with van der Waals surface area (Å²) in [5.41, 5.74) is 5.63. The van der Waals surface area contributed by atoms with Crippen molar-refractivity contribution in [1.29, 1.82) is 0 Å². The maximum Gasteiger partial charge on any atom is 0.445 e. The van der Waals surface area contributed by atoms with Gasteiger partial charge in [0, 0.05) is 13.1 Å². The first-order valence-corrected chi connectivity index (χ1v) is 6.68. The zero-order valence-electron chi connectivity index (χ0n) is 9.78. The Bertz CT molecular complexity index is 393. The van der Waals surface area contributed by atoms with Crippen LogP contribution in [0, 0.1) is 5.92 Å². The minimum atomic E-state index is -4.40. The van der Waals surface area contributed by atoms with Gasteiger partial charge < -0.3 is 10.6 Å². The van der Waals surface area contributed by atoms with E-state index in [4.69, 9.17) is 5.73 Å². The zero-order chi connectivity index (χ0) is 13.2. The molecule has 0 spiro atoms. The fourth-order valence-corrected chi connectivity index (χ4v) is 2.81. The number of nitrogens with two attached hydrogens (primary N) is 1. The molecular weight excluding hydrogens is 265 g/mol. The Hall–Kier alpha value is -0.890. The molecule has 1 fully saturated rings. The van der Waals surface area contributed by atoms with E-state index < -0.39 is 11.2 Å². The molecule has 1 aliphatic rings. The van der Waals surface area contributed by atoms with Crippen molar-refractivity contribution in [2.75, 3.05) is 24.5 Å². The number of hydrogen-bond acceptors (Lipinski definition) is 5. The van der Waals surface area contributed by atoms with Gasteiger partial charge in [0.25, 0.3) is 0 Å². The lowest BCUT2D eigenvalue weighted by atomic mass is 10.0. The summed E-state index contributed by atoms with van der Waals surface area (Å²) in [6, 6.07) is 0. The van der Waals surface area contributed by atoms with Crippen LogP contribution in [0.5, 0.6) is 0 Å². The Kier molecular flexibility index (Phi) is 4.06. The minimum absolute atomic E-state index is 0.361. The summed E-state index contributed by atoms with van der Waals surface area (Å²) < 4.78 is 37.3. The summed E-state index contributed by atoms with van der Waals surface area (Å²) in [5.74, 6) is 0.463. The number of aromatic nitrogens is 2. The first kappa shape index (κ1) is 13.5. The maximum absolute atomic E-state index is 12.4. The van der Waals surface area contributed by atoms with Crippen molar-refractivity contribution in [1.82, 2.24) is 10.2 Å². The van der Waals surface area contributed by atoms with Crippen molar-refractivity contribution in [3.05, 3.63) is 5.01 Å². The third kappa shape index (κ3) is 3.11. The number of anilines is 1. The second-order valence-electron chi connectivity index (χ2n) is 4.41. The molecule has 0 bridgehead atoms. The summed E-state index contributed by atoms with van der Waals surface area (Å²) in [6.45, 7) is 2.06. The van der Waals surface area contributed by atoms with E-state index in [0.29, 0.717) is 35.5 Å². The molecule has 0 radical (unpaired) electrons. The summed E-state index contributed by atoms with van der Waals surface area (Å²) in [6.07, 6.45) is -1.54. The largest absolute Gasteiger partial charge is 0.445 e. The standard InChI is InChI=1S/C10H15F3N4S/c11-10(12,13)8-15-16-9(18-8)17-4-1-2-7(6-14)3-5-17/h7H,1-6,14H2. The van der Waals surface area contributed by atoms with Crippen LogP contribution in [-0.4, -0.2) is 29.8 Å². The van der Waals surface area contributed by atoms with E-state index in [-0.39, 0.29) is 0 Å². The Balaban J connectivity index is 2.05. The van der Waals surface area contributed by atoms with Crippen LogP contribution in [0.15, 0.2) is 0 Å². The predicted molar refractivity (Wildman–Crippen MR) is 63.5 cm³/mol. The Labute approximate surface area is 107 Å². The average Bonchev–Trinajstić information content (AvgIpc) is 2.68. The SMILES string of the molecule is NCC1CCCN(c2nnc(C(F)(F)F)s2)CC1. The molecule has 0 aromatic carbocycles. The monoisotopic (exact) mass is 280 g/mol. The molecule has 1 aromatic rings. The van der Waals surface area contributed by atoms with Crippen LogP contribution in [0.1, 0.15) is 24.3 Å². The second-order valence-corrected chi connectivity index (χ2v) is 5.36. The van der Waals surface area contributed by atoms with Gasteiger partial charge in [-0.2, -0.15) is 13.2 Å². The number of hydrogen-bond donors (Lipinski definition) is 1. The molecule has 1 atom stereocenters. The number of alkyl halides is 3. The lowest BCUT2D eigenvalue weighted by molar-refractivity contribution is -0.138. The van der Waals surface area contributed by atoms with Gasteiger partial charge in [-0.1, -0.05) is 11.3 Å². The molecule has 0 aliphatic carbocycles. The highest BCUT2D eigenvalue weighted by Gasteiger charge is 2.36. The van der Waals surface area contributed by atoms with Gasteiger partial charge in [0.05, 0.1) is 0 Å². The molecule has 0 saturated carbocycles. The summed E-state index contributed by atoms with van der Waals surface area (Å²) in [5, 5.41) is 6.34. The van der Waals surface area contributed by atoms with Crippen molar-refractivity contribution < 1.29 is 13.2 Å². The van der Waals surface area contributed by atoms with Crippen molar-refractivity contribution in [3.8, 4) is 0 Å². The lowest BCUT2D eigenvalue weighted by Crippen LogP contribution is -2.24. The summed E-state index contributed by atoms with van der Waals surface area (Å²) in [7, 11) is 0. The van der Waals surface area contributed by atoms with Crippen molar-refractivity contribution in [3.63, 3.8) is 0 Å². The van der Waals surface area contributed by atoms with Gasteiger partial charge >= 0.3 is 6.18 Å². The third-order valence-electron chi connectivity index (χ3n) is 3.11. The molecule has 8 heteroatoms. The Morgan fingerprint density at radius 3 is 2.67 bits per heavy atom. The average molecular weight is 280 g/mol. The molecule has 102 valence electrons. The van der Waals surface area contributed by atoms with Gasteiger partial charge in [0.15, 0.2) is 0 Å². The third-order valence-corrected chi connectivity index (χ3v) is 4.14. The van der Waals surface area contributed by atoms with Crippen LogP contribution in [0.4, 0.5) is 18.3 Å². The van der Waals surface area contributed by atoms with E-state index in [1.807, 2.05) is 4.90 Å². The Morgan fingerprint density at radius 1 is 1.28 bits per heavy atom. The highest BCUT2D eigenvalue weighted by atomic mass is 32.1. The molecule has 0 amide bonds. The fourth-order valence-electron chi connectivity index (χ4n) is 2.05. The smallest absolute Gasteiger partial charge is 0.347 e. The normalized spacial score (nSPS) is 22.0. The van der Waals surface area contributed by atoms with E-state index in [2.05, 4.69) is 10.2 Å². The number of halogens is 3. The summed E-state index contributed by atoms with van der Waals surface area (Å²) in [4.78, 5) is 1.88. The van der Waals surface area contributed by atoms with Gasteiger partial charge in [-0.15, -0.1) is 10.2 Å². The van der Waals surface area contributed by atoms with Gasteiger partial charge in [-0.25, -0.2) is 0 Å². The van der Waals surface area contributed by atoms with Crippen molar-refractivity contribution >= 4 is 16.5 Å². The first-order valence-electron chi connectivity index (χ1n) is 5.86. The van der Waals surface area contributed by atoms with Gasteiger partial charge in [-0.05, 0) is 31.7 Å². The molecular formula is C10H15F3N4S. The molecule has 1 aromatic heterocycles. The molecule has 2 N–H and O–H groups in total. The first-order chi connectivity index (χ1) is 8.50. The lowest BCUT2D eigenvalue weighted by Gasteiger charge is -2.18. The van der Waals surface area contributed by atoms with Gasteiger partial charge in [-0.3, -0.25) is 0 Å². The van der Waals surface area contributed by atoms with Crippen LogP contribution in [-0.2, 0) is 6.18 Å². The molecule has 1 unspecified atom stereocenters. The number of rotatable bonds is 2. The highest BCUT2D eigenvalue weighted by Crippen LogP contribution is 2.35. The second kappa shape index (κ2) is 5.40. The van der Waals surface area contributed by atoms with Crippen LogP contribution in [0.3, 0.4) is 0 Å². The van der Waals surface area contributed by atoms with E-state index in [1.54, 1.807) is 0 Å². The highest BCUT2D eigenvalue weighted by molar-refractivity contribution is 7.15. The van der Waals surface area contributed by atoms with E-state index in [1.165, 1.54) is 0 Å². The summed E-state index contributed by atoms with van der Waals surface area (Å²) >= 11 is 0.612. The quantitative estimate of drug-likeness (QED) is 0.901. The fraction of sp³-hybridized carbons (Fsp3) is 0.800. The van der Waals surface area contributed by atoms with Gasteiger partial charge in [0.1, 0.15) is 0 Å².